The maximum Gasteiger partial charge on any atom is 0.259 e. The molecular weight excluding hydrogens is 404 g/mol. The molecule has 2 aromatic carbocycles. The number of benzene rings is 2. The zero-order valence-electron chi connectivity index (χ0n) is 18.2. The van der Waals surface area contributed by atoms with Crippen molar-refractivity contribution >= 4 is 23.3 Å². The van der Waals surface area contributed by atoms with Crippen LogP contribution >= 0.6 is 0 Å². The molecule has 0 aliphatic carbocycles. The number of imidazole rings is 1. The van der Waals surface area contributed by atoms with Gasteiger partial charge >= 0.3 is 0 Å². The molecule has 2 heterocycles. The molecule has 0 aliphatic rings. The number of likely N-dealkylation sites (N-methyl/N-ethyl adjacent to an activating group) is 1. The Morgan fingerprint density at radius 2 is 1.81 bits per heavy atom. The molecule has 7 heteroatoms. The van der Waals surface area contributed by atoms with Crippen molar-refractivity contribution in [2.24, 2.45) is 0 Å². The summed E-state index contributed by atoms with van der Waals surface area (Å²) >= 11 is 0. The molecule has 0 aliphatic heterocycles. The van der Waals surface area contributed by atoms with Gasteiger partial charge in [-0.15, -0.1) is 0 Å². The Hall–Kier alpha value is -4.13. The van der Waals surface area contributed by atoms with Crippen LogP contribution in [0.1, 0.15) is 15.9 Å². The maximum atomic E-state index is 13.1. The highest BCUT2D eigenvalue weighted by Crippen LogP contribution is 2.30. The van der Waals surface area contributed by atoms with E-state index in [1.165, 1.54) is 4.90 Å². The number of aromatic nitrogens is 2. The molecule has 2 aromatic heterocycles. The van der Waals surface area contributed by atoms with Gasteiger partial charge in [0.1, 0.15) is 22.9 Å². The fourth-order valence-corrected chi connectivity index (χ4v) is 3.30. The number of carbonyl (C=O) groups excluding carboxylic acids is 2. The number of carbonyl (C=O) groups is 2. The van der Waals surface area contributed by atoms with Crippen molar-refractivity contribution < 1.29 is 14.3 Å². The molecule has 0 saturated carbocycles. The van der Waals surface area contributed by atoms with Crippen LogP contribution in [-0.4, -0.2) is 46.8 Å². The predicted molar refractivity (Wildman–Crippen MR) is 124 cm³/mol. The largest absolute Gasteiger partial charge is 0.484 e. The van der Waals surface area contributed by atoms with Crippen molar-refractivity contribution in [3.8, 4) is 17.0 Å². The van der Waals surface area contributed by atoms with Gasteiger partial charge in [0.15, 0.2) is 6.61 Å². The third-order valence-electron chi connectivity index (χ3n) is 5.08. The minimum atomic E-state index is -0.296. The molecular formula is C25H24N4O3. The van der Waals surface area contributed by atoms with Gasteiger partial charge in [-0.05, 0) is 36.8 Å². The molecule has 2 amide bonds. The first-order valence-electron chi connectivity index (χ1n) is 10.2. The van der Waals surface area contributed by atoms with E-state index in [1.807, 2.05) is 60.0 Å². The topological polar surface area (TPSA) is 75.9 Å². The summed E-state index contributed by atoms with van der Waals surface area (Å²) in [5, 5.41) is 3.02. The van der Waals surface area contributed by atoms with E-state index in [4.69, 9.17) is 9.72 Å². The highest BCUT2D eigenvalue weighted by Gasteiger charge is 2.18. The number of aryl methyl sites for hydroxylation is 1. The van der Waals surface area contributed by atoms with E-state index in [0.29, 0.717) is 22.8 Å². The Morgan fingerprint density at radius 1 is 1.03 bits per heavy atom. The van der Waals surface area contributed by atoms with Gasteiger partial charge in [0.2, 0.25) is 0 Å². The van der Waals surface area contributed by atoms with Crippen LogP contribution < -0.4 is 10.1 Å². The lowest BCUT2D eigenvalue weighted by Gasteiger charge is -2.12. The highest BCUT2D eigenvalue weighted by molar-refractivity contribution is 6.06. The zero-order valence-corrected chi connectivity index (χ0v) is 18.2. The summed E-state index contributed by atoms with van der Waals surface area (Å²) in [5.74, 6) is 0.586. The molecule has 162 valence electrons. The van der Waals surface area contributed by atoms with Gasteiger partial charge in [-0.25, -0.2) is 4.98 Å². The Morgan fingerprint density at radius 3 is 2.56 bits per heavy atom. The molecule has 7 nitrogen and oxygen atoms in total. The number of rotatable bonds is 6. The Labute approximate surface area is 186 Å². The zero-order chi connectivity index (χ0) is 22.7. The molecule has 1 N–H and O–H groups in total. The summed E-state index contributed by atoms with van der Waals surface area (Å²) in [4.78, 5) is 31.2. The highest BCUT2D eigenvalue weighted by atomic mass is 16.5. The second-order valence-corrected chi connectivity index (χ2v) is 7.62. The molecule has 0 bridgehead atoms. The number of hydrogen-bond donors (Lipinski definition) is 1. The number of nitrogens with zero attached hydrogens (tertiary/aromatic N) is 3. The van der Waals surface area contributed by atoms with Crippen LogP contribution in [0.15, 0.2) is 72.9 Å². The van der Waals surface area contributed by atoms with E-state index in [0.717, 1.165) is 16.8 Å². The summed E-state index contributed by atoms with van der Waals surface area (Å²) in [6, 6.07) is 20.4. The van der Waals surface area contributed by atoms with Gasteiger partial charge in [-0.1, -0.05) is 42.5 Å². The Kier molecular flexibility index (Phi) is 5.89. The monoisotopic (exact) mass is 428 g/mol. The second-order valence-electron chi connectivity index (χ2n) is 7.62. The quantitative estimate of drug-likeness (QED) is 0.503. The summed E-state index contributed by atoms with van der Waals surface area (Å²) in [6.07, 6.45) is 1.88. The molecule has 4 rings (SSSR count). The molecule has 0 unspecified atom stereocenters. The number of fused-ring (bicyclic) bond motifs is 1. The summed E-state index contributed by atoms with van der Waals surface area (Å²) in [5.41, 5.74) is 3.80. The maximum absolute atomic E-state index is 13.1. The SMILES string of the molecule is Cc1cccn2c(NC(=O)c3cccc(OCC(=O)N(C)C)c3)c(-c3ccccc3)nc12. The smallest absolute Gasteiger partial charge is 0.259 e. The Bertz CT molecular complexity index is 1280. The van der Waals surface area contributed by atoms with Crippen LogP contribution in [0, 0.1) is 6.92 Å². The van der Waals surface area contributed by atoms with E-state index in [9.17, 15) is 9.59 Å². The third-order valence-corrected chi connectivity index (χ3v) is 5.08. The van der Waals surface area contributed by atoms with Gasteiger partial charge in [0, 0.05) is 31.4 Å². The lowest BCUT2D eigenvalue weighted by molar-refractivity contribution is -0.130. The number of nitrogens with one attached hydrogen (secondary N) is 1. The van der Waals surface area contributed by atoms with Crippen LogP contribution in [0.25, 0.3) is 16.9 Å². The molecule has 0 fully saturated rings. The molecule has 0 saturated heterocycles. The van der Waals surface area contributed by atoms with Crippen molar-refractivity contribution in [1.82, 2.24) is 14.3 Å². The first-order chi connectivity index (χ1) is 15.4. The van der Waals surface area contributed by atoms with Crippen molar-refractivity contribution in [2.45, 2.75) is 6.92 Å². The van der Waals surface area contributed by atoms with Crippen molar-refractivity contribution in [2.75, 3.05) is 26.0 Å². The van der Waals surface area contributed by atoms with Crippen molar-refractivity contribution in [3.05, 3.63) is 84.1 Å². The van der Waals surface area contributed by atoms with E-state index in [-0.39, 0.29) is 18.4 Å². The van der Waals surface area contributed by atoms with Gasteiger partial charge in [-0.2, -0.15) is 0 Å². The van der Waals surface area contributed by atoms with Gasteiger partial charge in [-0.3, -0.25) is 14.0 Å². The van der Waals surface area contributed by atoms with Crippen LogP contribution in [0.3, 0.4) is 0 Å². The lowest BCUT2D eigenvalue weighted by Crippen LogP contribution is -2.27. The minimum Gasteiger partial charge on any atom is -0.484 e. The number of ether oxygens (including phenoxy) is 1. The van der Waals surface area contributed by atoms with Gasteiger partial charge in [0.25, 0.3) is 11.8 Å². The summed E-state index contributed by atoms with van der Waals surface area (Å²) < 4.78 is 7.43. The second kappa shape index (κ2) is 8.93. The number of amides is 2. The molecule has 0 spiro atoms. The van der Waals surface area contributed by atoms with Crippen molar-refractivity contribution in [1.29, 1.82) is 0 Å². The van der Waals surface area contributed by atoms with E-state index in [1.54, 1.807) is 38.4 Å². The van der Waals surface area contributed by atoms with Crippen LogP contribution in [-0.2, 0) is 4.79 Å². The van der Waals surface area contributed by atoms with Crippen molar-refractivity contribution in [3.63, 3.8) is 0 Å². The minimum absolute atomic E-state index is 0.0945. The summed E-state index contributed by atoms with van der Waals surface area (Å²) in [6.45, 7) is 1.89. The average molecular weight is 428 g/mol. The molecule has 0 radical (unpaired) electrons. The van der Waals surface area contributed by atoms with Crippen LogP contribution in [0.4, 0.5) is 5.82 Å². The number of hydrogen-bond acceptors (Lipinski definition) is 4. The molecule has 0 atom stereocenters. The van der Waals surface area contributed by atoms with E-state index >= 15 is 0 Å². The third kappa shape index (κ3) is 4.32. The number of pyridine rings is 1. The van der Waals surface area contributed by atoms with Crippen LogP contribution in [0.5, 0.6) is 5.75 Å². The van der Waals surface area contributed by atoms with Crippen LogP contribution in [0.2, 0.25) is 0 Å². The van der Waals surface area contributed by atoms with E-state index in [2.05, 4.69) is 5.32 Å². The fraction of sp³-hybridized carbons (Fsp3) is 0.160. The predicted octanol–water partition coefficient (Wildman–Crippen LogP) is 4.03. The van der Waals surface area contributed by atoms with E-state index < -0.39 is 0 Å². The summed E-state index contributed by atoms with van der Waals surface area (Å²) in [7, 11) is 3.33. The average Bonchev–Trinajstić information content (AvgIpc) is 3.17. The lowest BCUT2D eigenvalue weighted by atomic mass is 10.1. The fourth-order valence-electron chi connectivity index (χ4n) is 3.30. The first-order valence-corrected chi connectivity index (χ1v) is 10.2. The van der Waals surface area contributed by atoms with Gasteiger partial charge < -0.3 is 15.0 Å². The number of anilines is 1. The molecule has 32 heavy (non-hydrogen) atoms. The standard InChI is InChI=1S/C25H24N4O3/c1-17-9-8-14-29-23(17)26-22(18-10-5-4-6-11-18)24(29)27-25(31)19-12-7-13-20(15-19)32-16-21(30)28(2)3/h4-15H,16H2,1-3H3,(H,27,31). The Balaban J connectivity index is 1.65. The van der Waals surface area contributed by atoms with Gasteiger partial charge in [0.05, 0.1) is 0 Å². The molecule has 4 aromatic rings. The first kappa shape index (κ1) is 21.1. The normalized spacial score (nSPS) is 10.7.